The quantitative estimate of drug-likeness (QED) is 0.546. The molecule has 1 aromatic heterocycles. The molecule has 0 aliphatic carbocycles. The highest BCUT2D eigenvalue weighted by Gasteiger charge is 2.30. The van der Waals surface area contributed by atoms with E-state index in [-0.39, 0.29) is 12.4 Å². The lowest BCUT2D eigenvalue weighted by atomic mass is 10.1. The molecule has 1 heterocycles. The van der Waals surface area contributed by atoms with E-state index in [9.17, 15) is 13.2 Å². The number of benzene rings is 2. The van der Waals surface area contributed by atoms with Crippen LogP contribution in [0.2, 0.25) is 5.02 Å². The first kappa shape index (κ1) is 20.1. The maximum absolute atomic E-state index is 12.8. The monoisotopic (exact) mass is 407 g/mol. The Morgan fingerprint density at radius 3 is 2.21 bits per heavy atom. The minimum Gasteiger partial charge on any atom is -0.396 e. The lowest BCUT2D eigenvalue weighted by Gasteiger charge is -2.13. The first-order valence-corrected chi connectivity index (χ1v) is 8.93. The summed E-state index contributed by atoms with van der Waals surface area (Å²) in [6.07, 6.45) is -3.91. The number of hydrogen-bond acceptors (Lipinski definition) is 4. The number of nitrogens with zero attached hydrogens (tertiary/aromatic N) is 2. The van der Waals surface area contributed by atoms with Crippen LogP contribution in [0.15, 0.2) is 54.6 Å². The van der Waals surface area contributed by atoms with Gasteiger partial charge in [-0.2, -0.15) is 13.2 Å². The van der Waals surface area contributed by atoms with E-state index in [1.165, 1.54) is 12.1 Å². The third-order valence-electron chi connectivity index (χ3n) is 4.00. The van der Waals surface area contributed by atoms with Gasteiger partial charge in [-0.15, -0.1) is 0 Å². The van der Waals surface area contributed by atoms with Crippen molar-refractivity contribution < 1.29 is 18.3 Å². The topological polar surface area (TPSA) is 58.0 Å². The zero-order valence-electron chi connectivity index (χ0n) is 14.7. The van der Waals surface area contributed by atoms with Gasteiger partial charge in [-0.3, -0.25) is 0 Å². The maximum Gasteiger partial charge on any atom is 0.416 e. The predicted octanol–water partition coefficient (Wildman–Crippen LogP) is 5.28. The molecule has 0 radical (unpaired) electrons. The molecule has 0 fully saturated rings. The molecule has 3 rings (SSSR count). The summed E-state index contributed by atoms with van der Waals surface area (Å²) in [6, 6.07) is 13.9. The highest BCUT2D eigenvalue weighted by Crippen LogP contribution is 2.35. The van der Waals surface area contributed by atoms with Gasteiger partial charge in [0.25, 0.3) is 0 Å². The van der Waals surface area contributed by atoms with Crippen molar-refractivity contribution in [2.45, 2.75) is 12.6 Å². The molecule has 2 N–H and O–H groups in total. The number of aliphatic hydroxyl groups is 1. The molecule has 0 saturated heterocycles. The van der Waals surface area contributed by atoms with Crippen molar-refractivity contribution in [2.75, 3.05) is 18.5 Å². The smallest absolute Gasteiger partial charge is 0.396 e. The standard InChI is InChI=1S/C20H17ClF3N3O/c21-16-17(13-5-2-1-3-6-13)26-18(27-19(16)25-11-4-12-28)14-7-9-15(10-8-14)20(22,23)24/h1-3,5-10,28H,4,11-12H2,(H,25,26,27). The van der Waals surface area contributed by atoms with E-state index >= 15 is 0 Å². The summed E-state index contributed by atoms with van der Waals surface area (Å²) in [5.74, 6) is 0.613. The molecule has 8 heteroatoms. The van der Waals surface area contributed by atoms with Crippen LogP contribution in [0.5, 0.6) is 0 Å². The molecular formula is C20H17ClF3N3O. The van der Waals surface area contributed by atoms with Crippen LogP contribution in [0.1, 0.15) is 12.0 Å². The number of halogens is 4. The van der Waals surface area contributed by atoms with Crippen molar-refractivity contribution in [1.29, 1.82) is 0 Å². The number of nitrogens with one attached hydrogen (secondary N) is 1. The first-order chi connectivity index (χ1) is 13.4. The Morgan fingerprint density at radius 1 is 0.929 bits per heavy atom. The molecule has 0 amide bonds. The van der Waals surface area contributed by atoms with E-state index in [4.69, 9.17) is 16.7 Å². The van der Waals surface area contributed by atoms with Gasteiger partial charge in [0.2, 0.25) is 0 Å². The van der Waals surface area contributed by atoms with Crippen molar-refractivity contribution in [3.8, 4) is 22.6 Å². The number of rotatable bonds is 6. The molecule has 2 aromatic carbocycles. The Balaban J connectivity index is 2.06. The van der Waals surface area contributed by atoms with Gasteiger partial charge in [-0.1, -0.05) is 54.1 Å². The molecule has 0 aliphatic rings. The predicted molar refractivity (Wildman–Crippen MR) is 103 cm³/mol. The summed E-state index contributed by atoms with van der Waals surface area (Å²) >= 11 is 6.47. The minimum absolute atomic E-state index is 0.00695. The Labute approximate surface area is 165 Å². The fraction of sp³-hybridized carbons (Fsp3) is 0.200. The highest BCUT2D eigenvalue weighted by molar-refractivity contribution is 6.35. The van der Waals surface area contributed by atoms with E-state index in [1.54, 1.807) is 0 Å². The van der Waals surface area contributed by atoms with E-state index in [2.05, 4.69) is 15.3 Å². The minimum atomic E-state index is -4.41. The van der Waals surface area contributed by atoms with Crippen molar-refractivity contribution in [3.05, 3.63) is 65.2 Å². The summed E-state index contributed by atoms with van der Waals surface area (Å²) in [5, 5.41) is 12.3. The molecule has 0 atom stereocenters. The molecule has 146 valence electrons. The van der Waals surface area contributed by atoms with Crippen LogP contribution in [0.3, 0.4) is 0 Å². The third-order valence-corrected chi connectivity index (χ3v) is 4.35. The van der Waals surface area contributed by atoms with E-state index < -0.39 is 11.7 Å². The van der Waals surface area contributed by atoms with Crippen LogP contribution in [0.4, 0.5) is 19.0 Å². The molecule has 0 spiro atoms. The lowest BCUT2D eigenvalue weighted by Crippen LogP contribution is -2.08. The number of aromatic nitrogens is 2. The number of alkyl halides is 3. The Hall–Kier alpha value is -2.64. The van der Waals surface area contributed by atoms with Crippen LogP contribution >= 0.6 is 11.6 Å². The molecule has 0 aliphatic heterocycles. The summed E-state index contributed by atoms with van der Waals surface area (Å²) in [7, 11) is 0. The third kappa shape index (κ3) is 4.61. The molecule has 0 unspecified atom stereocenters. The molecule has 4 nitrogen and oxygen atoms in total. The second-order valence-corrected chi connectivity index (χ2v) is 6.38. The van der Waals surface area contributed by atoms with Gasteiger partial charge < -0.3 is 10.4 Å². The van der Waals surface area contributed by atoms with Gasteiger partial charge >= 0.3 is 6.18 Å². The Bertz CT molecular complexity index is 932. The van der Waals surface area contributed by atoms with Crippen molar-refractivity contribution in [2.24, 2.45) is 0 Å². The Morgan fingerprint density at radius 2 is 1.61 bits per heavy atom. The second kappa shape index (κ2) is 8.58. The molecule has 0 saturated carbocycles. The molecular weight excluding hydrogens is 391 g/mol. The van der Waals surface area contributed by atoms with Gasteiger partial charge in [0, 0.05) is 24.3 Å². The first-order valence-electron chi connectivity index (χ1n) is 8.55. The van der Waals surface area contributed by atoms with Gasteiger partial charge in [0.1, 0.15) is 10.8 Å². The highest BCUT2D eigenvalue weighted by atomic mass is 35.5. The van der Waals surface area contributed by atoms with Crippen molar-refractivity contribution >= 4 is 17.4 Å². The number of hydrogen-bond donors (Lipinski definition) is 2. The lowest BCUT2D eigenvalue weighted by molar-refractivity contribution is -0.137. The maximum atomic E-state index is 12.8. The number of aliphatic hydroxyl groups excluding tert-OH is 1. The van der Waals surface area contributed by atoms with Crippen molar-refractivity contribution in [1.82, 2.24) is 9.97 Å². The molecule has 0 bridgehead atoms. The summed E-state index contributed by atoms with van der Waals surface area (Å²) < 4.78 is 38.5. The van der Waals surface area contributed by atoms with Crippen LogP contribution in [0.25, 0.3) is 22.6 Å². The van der Waals surface area contributed by atoms with Gasteiger partial charge in [0.05, 0.1) is 11.3 Å². The van der Waals surface area contributed by atoms with Gasteiger partial charge in [0.15, 0.2) is 5.82 Å². The van der Waals surface area contributed by atoms with Crippen LogP contribution in [-0.4, -0.2) is 28.2 Å². The zero-order chi connectivity index (χ0) is 20.1. The molecule has 28 heavy (non-hydrogen) atoms. The van der Waals surface area contributed by atoms with Crippen molar-refractivity contribution in [3.63, 3.8) is 0 Å². The average Bonchev–Trinajstić information content (AvgIpc) is 2.69. The summed E-state index contributed by atoms with van der Waals surface area (Å²) in [6.45, 7) is 0.445. The fourth-order valence-corrected chi connectivity index (χ4v) is 2.84. The van der Waals surface area contributed by atoms with E-state index in [0.717, 1.165) is 17.7 Å². The molecule has 3 aromatic rings. The van der Waals surface area contributed by atoms with Crippen LogP contribution in [0, 0.1) is 0 Å². The normalized spacial score (nSPS) is 11.5. The Kier molecular flexibility index (Phi) is 6.16. The van der Waals surface area contributed by atoms with Crippen LogP contribution < -0.4 is 5.32 Å². The zero-order valence-corrected chi connectivity index (χ0v) is 15.4. The van der Waals surface area contributed by atoms with E-state index in [0.29, 0.717) is 35.1 Å². The van der Waals surface area contributed by atoms with Gasteiger partial charge in [-0.05, 0) is 18.6 Å². The fourth-order valence-electron chi connectivity index (χ4n) is 2.57. The number of anilines is 1. The second-order valence-electron chi connectivity index (χ2n) is 6.00. The van der Waals surface area contributed by atoms with Crippen LogP contribution in [-0.2, 0) is 6.18 Å². The van der Waals surface area contributed by atoms with Gasteiger partial charge in [-0.25, -0.2) is 9.97 Å². The average molecular weight is 408 g/mol. The summed E-state index contributed by atoms with van der Waals surface area (Å²) in [5.41, 5.74) is 0.925. The largest absolute Gasteiger partial charge is 0.416 e. The van der Waals surface area contributed by atoms with E-state index in [1.807, 2.05) is 30.3 Å². The SMILES string of the molecule is OCCCNc1nc(-c2ccc(C(F)(F)F)cc2)nc(-c2ccccc2)c1Cl. The summed E-state index contributed by atoms with van der Waals surface area (Å²) in [4.78, 5) is 8.86.